The van der Waals surface area contributed by atoms with Gasteiger partial charge in [0.1, 0.15) is 5.15 Å². The summed E-state index contributed by atoms with van der Waals surface area (Å²) in [5.74, 6) is 0.671. The number of pyridine rings is 1. The molecule has 0 N–H and O–H groups in total. The van der Waals surface area contributed by atoms with Gasteiger partial charge in [0.05, 0.1) is 5.52 Å². The summed E-state index contributed by atoms with van der Waals surface area (Å²) in [7, 11) is 0. The van der Waals surface area contributed by atoms with Crippen molar-refractivity contribution in [2.24, 2.45) is 0 Å². The van der Waals surface area contributed by atoms with E-state index in [0.29, 0.717) is 11.0 Å². The van der Waals surface area contributed by atoms with Gasteiger partial charge in [-0.25, -0.2) is 9.97 Å². The molecule has 0 aliphatic rings. The van der Waals surface area contributed by atoms with Crippen LogP contribution in [0.3, 0.4) is 0 Å². The molecule has 0 aliphatic heterocycles. The molecule has 0 unspecified atom stereocenters. The van der Waals surface area contributed by atoms with Crippen molar-refractivity contribution in [2.75, 3.05) is 0 Å². The van der Waals surface area contributed by atoms with Gasteiger partial charge in [-0.1, -0.05) is 24.6 Å². The molecule has 4 heteroatoms. The first-order chi connectivity index (χ1) is 10.1. The highest BCUT2D eigenvalue weighted by Crippen LogP contribution is 2.25. The third-order valence-electron chi connectivity index (χ3n) is 3.61. The maximum absolute atomic E-state index is 6.22. The summed E-state index contributed by atoms with van der Waals surface area (Å²) in [4.78, 5) is 13.5. The van der Waals surface area contributed by atoms with E-state index >= 15 is 0 Å². The van der Waals surface area contributed by atoms with Gasteiger partial charge in [-0.05, 0) is 44.5 Å². The third-order valence-corrected chi connectivity index (χ3v) is 3.98. The number of rotatable bonds is 2. The van der Waals surface area contributed by atoms with Crippen LogP contribution in [0.1, 0.15) is 23.9 Å². The van der Waals surface area contributed by atoms with E-state index in [0.717, 1.165) is 39.8 Å². The second kappa shape index (κ2) is 5.41. The molecule has 3 rings (SSSR count). The minimum Gasteiger partial charge on any atom is -0.253 e. The Hall–Kier alpha value is -2.00. The van der Waals surface area contributed by atoms with Gasteiger partial charge >= 0.3 is 0 Å². The van der Waals surface area contributed by atoms with Crippen LogP contribution in [-0.2, 0) is 6.42 Å². The molecule has 0 bridgehead atoms. The van der Waals surface area contributed by atoms with Crippen molar-refractivity contribution in [3.8, 4) is 11.4 Å². The highest BCUT2D eigenvalue weighted by molar-refractivity contribution is 6.30. The predicted octanol–water partition coefficient (Wildman–Crippen LogP) is 4.52. The van der Waals surface area contributed by atoms with E-state index in [9.17, 15) is 0 Å². The van der Waals surface area contributed by atoms with Gasteiger partial charge in [-0.15, -0.1) is 0 Å². The number of halogens is 1. The number of hydrogen-bond acceptors (Lipinski definition) is 3. The lowest BCUT2D eigenvalue weighted by molar-refractivity contribution is 0.977. The van der Waals surface area contributed by atoms with Crippen LogP contribution in [0.5, 0.6) is 0 Å². The van der Waals surface area contributed by atoms with Gasteiger partial charge in [-0.2, -0.15) is 0 Å². The Kier molecular flexibility index (Phi) is 3.60. The fourth-order valence-corrected chi connectivity index (χ4v) is 2.56. The van der Waals surface area contributed by atoms with Gasteiger partial charge in [0.25, 0.3) is 0 Å². The molecule has 0 aliphatic carbocycles. The molecule has 0 fully saturated rings. The lowest BCUT2D eigenvalue weighted by atomic mass is 10.1. The van der Waals surface area contributed by atoms with Crippen molar-refractivity contribution in [1.82, 2.24) is 15.0 Å². The summed E-state index contributed by atoms with van der Waals surface area (Å²) in [6.07, 6.45) is 0.843. The van der Waals surface area contributed by atoms with Gasteiger partial charge in [0.15, 0.2) is 5.82 Å². The first kappa shape index (κ1) is 14.0. The fraction of sp³-hybridized carbons (Fsp3) is 0.235. The Morgan fingerprint density at radius 3 is 2.57 bits per heavy atom. The first-order valence-corrected chi connectivity index (χ1v) is 7.37. The van der Waals surface area contributed by atoms with E-state index in [-0.39, 0.29) is 0 Å². The van der Waals surface area contributed by atoms with Gasteiger partial charge in [-0.3, -0.25) is 4.98 Å². The zero-order chi connectivity index (χ0) is 15.0. The van der Waals surface area contributed by atoms with Crippen LogP contribution in [0.4, 0.5) is 0 Å². The number of aryl methyl sites for hydroxylation is 2. The van der Waals surface area contributed by atoms with Crippen LogP contribution < -0.4 is 0 Å². The molecule has 106 valence electrons. The molecule has 1 aromatic carbocycles. The summed E-state index contributed by atoms with van der Waals surface area (Å²) in [5.41, 5.74) is 4.91. The lowest BCUT2D eigenvalue weighted by Crippen LogP contribution is -1.99. The van der Waals surface area contributed by atoms with E-state index in [1.165, 1.54) is 0 Å². The zero-order valence-corrected chi connectivity index (χ0v) is 13.1. The van der Waals surface area contributed by atoms with Crippen molar-refractivity contribution >= 4 is 22.5 Å². The second-order valence-electron chi connectivity index (χ2n) is 5.12. The minimum atomic E-state index is 0.527. The Balaban J connectivity index is 2.16. The number of nitrogens with zero attached hydrogens (tertiary/aromatic N) is 3. The average Bonchev–Trinajstić information content (AvgIpc) is 2.49. The zero-order valence-electron chi connectivity index (χ0n) is 12.3. The van der Waals surface area contributed by atoms with Crippen molar-refractivity contribution < 1.29 is 0 Å². The summed E-state index contributed by atoms with van der Waals surface area (Å²) in [6, 6.07) is 10.1. The Labute approximate surface area is 129 Å². The van der Waals surface area contributed by atoms with Crippen LogP contribution >= 0.6 is 11.6 Å². The molecule has 2 heterocycles. The molecule has 21 heavy (non-hydrogen) atoms. The molecular weight excluding hydrogens is 282 g/mol. The van der Waals surface area contributed by atoms with Crippen LogP contribution in [0.15, 0.2) is 30.3 Å². The number of hydrogen-bond donors (Lipinski definition) is 0. The Bertz CT molecular complexity index is 828. The van der Waals surface area contributed by atoms with E-state index in [2.05, 4.69) is 34.0 Å². The quantitative estimate of drug-likeness (QED) is 0.653. The van der Waals surface area contributed by atoms with Crippen molar-refractivity contribution in [2.45, 2.75) is 27.2 Å². The van der Waals surface area contributed by atoms with Gasteiger partial charge in [0.2, 0.25) is 0 Å². The Morgan fingerprint density at radius 2 is 1.81 bits per heavy atom. The molecule has 0 saturated carbocycles. The highest BCUT2D eigenvalue weighted by Gasteiger charge is 2.10. The first-order valence-electron chi connectivity index (χ1n) is 6.99. The molecule has 0 atom stereocenters. The largest absolute Gasteiger partial charge is 0.253 e. The SMILES string of the molecule is CCc1nc(-c2ccc3nc(C)ccc3c2)nc(Cl)c1C. The van der Waals surface area contributed by atoms with E-state index < -0.39 is 0 Å². The third kappa shape index (κ3) is 2.61. The van der Waals surface area contributed by atoms with Crippen LogP contribution in [0.25, 0.3) is 22.3 Å². The van der Waals surface area contributed by atoms with Crippen LogP contribution in [0.2, 0.25) is 5.15 Å². The van der Waals surface area contributed by atoms with Gasteiger partial charge < -0.3 is 0 Å². The lowest BCUT2D eigenvalue weighted by Gasteiger charge is -2.08. The van der Waals surface area contributed by atoms with Crippen molar-refractivity contribution in [1.29, 1.82) is 0 Å². The highest BCUT2D eigenvalue weighted by atomic mass is 35.5. The fourth-order valence-electron chi connectivity index (χ4n) is 2.37. The molecule has 0 amide bonds. The van der Waals surface area contributed by atoms with E-state index in [1.54, 1.807) is 0 Å². The molecule has 0 saturated heterocycles. The molecular formula is C17H16ClN3. The minimum absolute atomic E-state index is 0.527. The second-order valence-corrected chi connectivity index (χ2v) is 5.48. The smallest absolute Gasteiger partial charge is 0.161 e. The number of fused-ring (bicyclic) bond motifs is 1. The molecule has 0 radical (unpaired) electrons. The van der Waals surface area contributed by atoms with E-state index in [1.807, 2.05) is 32.0 Å². The maximum Gasteiger partial charge on any atom is 0.161 e. The standard InChI is InChI=1S/C17H16ClN3/c1-4-14-11(3)16(18)21-17(20-14)13-7-8-15-12(9-13)6-5-10(2)19-15/h5-9H,4H2,1-3H3. The topological polar surface area (TPSA) is 38.7 Å². The normalized spacial score (nSPS) is 11.0. The summed E-state index contributed by atoms with van der Waals surface area (Å²) in [6.45, 7) is 6.02. The summed E-state index contributed by atoms with van der Waals surface area (Å²) >= 11 is 6.22. The molecule has 0 spiro atoms. The average molecular weight is 298 g/mol. The summed E-state index contributed by atoms with van der Waals surface area (Å²) < 4.78 is 0. The molecule has 3 nitrogen and oxygen atoms in total. The Morgan fingerprint density at radius 1 is 1.00 bits per heavy atom. The van der Waals surface area contributed by atoms with Crippen LogP contribution in [0, 0.1) is 13.8 Å². The van der Waals surface area contributed by atoms with E-state index in [4.69, 9.17) is 11.6 Å². The number of benzene rings is 1. The summed E-state index contributed by atoms with van der Waals surface area (Å²) in [5, 5.41) is 1.61. The molecule has 3 aromatic rings. The monoisotopic (exact) mass is 297 g/mol. The van der Waals surface area contributed by atoms with Gasteiger partial charge in [0, 0.05) is 27.9 Å². The number of aromatic nitrogens is 3. The van der Waals surface area contributed by atoms with Crippen molar-refractivity contribution in [3.63, 3.8) is 0 Å². The van der Waals surface area contributed by atoms with Crippen LogP contribution in [-0.4, -0.2) is 15.0 Å². The molecule has 2 aromatic heterocycles. The van der Waals surface area contributed by atoms with Crippen molar-refractivity contribution in [3.05, 3.63) is 52.4 Å². The predicted molar refractivity (Wildman–Crippen MR) is 86.6 cm³/mol. The maximum atomic E-state index is 6.22.